The van der Waals surface area contributed by atoms with Crippen molar-refractivity contribution in [3.8, 4) is 0 Å². The highest BCUT2D eigenvalue weighted by Gasteiger charge is 2.12. The average molecular weight is 364 g/mol. The molecule has 0 unspecified atom stereocenters. The number of nitrogens with one attached hydrogen (secondary N) is 4. The first-order chi connectivity index (χ1) is 12.1. The summed E-state index contributed by atoms with van der Waals surface area (Å²) in [5.41, 5.74) is 4.49. The molecule has 25 heavy (non-hydrogen) atoms. The van der Waals surface area contributed by atoms with Gasteiger partial charge < -0.3 is 20.3 Å². The first-order valence-electron chi connectivity index (χ1n) is 8.49. The number of hydrogen-bond acceptors (Lipinski definition) is 4. The minimum Gasteiger partial charge on any atom is -0.370 e. The Labute approximate surface area is 153 Å². The number of hydrogen-bond donors (Lipinski definition) is 4. The van der Waals surface area contributed by atoms with Gasteiger partial charge in [-0.25, -0.2) is 0 Å². The normalized spacial score (nSPS) is 15.1. The summed E-state index contributed by atoms with van der Waals surface area (Å²) in [6.45, 7) is 7.35. The first-order valence-corrected chi connectivity index (χ1v) is 8.90. The molecule has 8 heteroatoms. The van der Waals surface area contributed by atoms with Crippen molar-refractivity contribution in [2.24, 2.45) is 5.10 Å². The van der Waals surface area contributed by atoms with E-state index in [1.165, 1.54) is 6.92 Å². The summed E-state index contributed by atoms with van der Waals surface area (Å²) < 4.78 is 5.35. The first kappa shape index (κ1) is 19.3. The van der Waals surface area contributed by atoms with Crippen molar-refractivity contribution in [2.75, 3.05) is 44.7 Å². The van der Waals surface area contributed by atoms with Crippen LogP contribution >= 0.6 is 12.2 Å². The highest BCUT2D eigenvalue weighted by molar-refractivity contribution is 7.80. The SMILES string of the molecule is CC(=O)Nc1ccc(/C=N\NC(=S)NCCC[NH+]2CCOCC2)cc1. The molecular weight excluding hydrogens is 338 g/mol. The minimum absolute atomic E-state index is 0.0882. The molecule has 1 fully saturated rings. The molecule has 1 heterocycles. The molecule has 1 aromatic rings. The van der Waals surface area contributed by atoms with Crippen LogP contribution < -0.4 is 21.0 Å². The molecule has 0 bridgehead atoms. The van der Waals surface area contributed by atoms with Crippen LogP contribution in [-0.2, 0) is 9.53 Å². The van der Waals surface area contributed by atoms with E-state index in [2.05, 4.69) is 21.2 Å². The van der Waals surface area contributed by atoms with Crippen LogP contribution in [0, 0.1) is 0 Å². The molecule has 0 saturated carbocycles. The van der Waals surface area contributed by atoms with Crippen molar-refractivity contribution in [1.82, 2.24) is 10.7 Å². The topological polar surface area (TPSA) is 79.2 Å². The van der Waals surface area contributed by atoms with Crippen LogP contribution in [-0.4, -0.2) is 56.6 Å². The number of benzene rings is 1. The van der Waals surface area contributed by atoms with Gasteiger partial charge in [-0.05, 0) is 29.9 Å². The number of thiocarbonyl (C=S) groups is 1. The molecule has 0 aliphatic carbocycles. The molecular formula is C17H26N5O2S+. The van der Waals surface area contributed by atoms with Crippen LogP contribution in [0.2, 0.25) is 0 Å². The molecule has 1 aliphatic heterocycles. The standard InChI is InChI=1S/C17H25N5O2S/c1-14(23)20-16-5-3-15(4-6-16)13-19-21-17(25)18-7-2-8-22-9-11-24-12-10-22/h3-6,13H,2,7-12H2,1H3,(H,20,23)(H2,18,21,25)/p+1/b19-13-. The van der Waals surface area contributed by atoms with Crippen LogP contribution in [0.3, 0.4) is 0 Å². The summed E-state index contributed by atoms with van der Waals surface area (Å²) in [6, 6.07) is 7.40. The van der Waals surface area contributed by atoms with E-state index in [1.807, 2.05) is 24.3 Å². The molecule has 0 radical (unpaired) electrons. The largest absolute Gasteiger partial charge is 0.370 e. The molecule has 0 aromatic heterocycles. The number of hydrazone groups is 1. The van der Waals surface area contributed by atoms with Gasteiger partial charge in [0.05, 0.1) is 26.0 Å². The van der Waals surface area contributed by atoms with Crippen molar-refractivity contribution in [3.63, 3.8) is 0 Å². The number of amides is 1. The number of nitrogens with zero attached hydrogens (tertiary/aromatic N) is 1. The van der Waals surface area contributed by atoms with E-state index in [1.54, 1.807) is 11.1 Å². The van der Waals surface area contributed by atoms with Crippen LogP contribution in [0.4, 0.5) is 5.69 Å². The maximum absolute atomic E-state index is 11.0. The zero-order valence-electron chi connectivity index (χ0n) is 14.5. The second kappa shape index (κ2) is 10.8. The lowest BCUT2D eigenvalue weighted by molar-refractivity contribution is -0.908. The average Bonchev–Trinajstić information content (AvgIpc) is 2.61. The fourth-order valence-electron chi connectivity index (χ4n) is 2.51. The molecule has 1 amide bonds. The second-order valence-corrected chi connectivity index (χ2v) is 6.30. The Morgan fingerprint density at radius 1 is 1.32 bits per heavy atom. The highest BCUT2D eigenvalue weighted by Crippen LogP contribution is 2.07. The van der Waals surface area contributed by atoms with Crippen molar-refractivity contribution >= 4 is 35.1 Å². The van der Waals surface area contributed by atoms with E-state index in [0.29, 0.717) is 5.11 Å². The minimum atomic E-state index is -0.0882. The Kier molecular flexibility index (Phi) is 8.30. The third-order valence-corrected chi connectivity index (χ3v) is 4.04. The third-order valence-electron chi connectivity index (χ3n) is 3.80. The maximum atomic E-state index is 11.0. The number of rotatable bonds is 7. The van der Waals surface area contributed by atoms with Gasteiger partial charge in [0.2, 0.25) is 5.91 Å². The summed E-state index contributed by atoms with van der Waals surface area (Å²) >= 11 is 5.20. The molecule has 0 spiro atoms. The summed E-state index contributed by atoms with van der Waals surface area (Å²) in [7, 11) is 0. The number of carbonyl (C=O) groups excluding carboxylic acids is 1. The lowest BCUT2D eigenvalue weighted by Gasteiger charge is -2.23. The highest BCUT2D eigenvalue weighted by atomic mass is 32.1. The summed E-state index contributed by atoms with van der Waals surface area (Å²) in [5.74, 6) is -0.0882. The van der Waals surface area contributed by atoms with Gasteiger partial charge in [0, 0.05) is 25.6 Å². The molecule has 0 atom stereocenters. The molecule has 136 valence electrons. The molecule has 1 aromatic carbocycles. The van der Waals surface area contributed by atoms with E-state index in [0.717, 1.165) is 57.1 Å². The van der Waals surface area contributed by atoms with Gasteiger partial charge in [-0.3, -0.25) is 10.2 Å². The zero-order chi connectivity index (χ0) is 17.9. The van der Waals surface area contributed by atoms with Gasteiger partial charge in [0.1, 0.15) is 13.1 Å². The van der Waals surface area contributed by atoms with Crippen molar-refractivity contribution in [3.05, 3.63) is 29.8 Å². The Morgan fingerprint density at radius 3 is 2.72 bits per heavy atom. The summed E-state index contributed by atoms with van der Waals surface area (Å²) in [6.07, 6.45) is 2.74. The molecule has 1 aliphatic rings. The van der Waals surface area contributed by atoms with E-state index in [4.69, 9.17) is 17.0 Å². The smallest absolute Gasteiger partial charge is 0.221 e. The Balaban J connectivity index is 1.60. The second-order valence-electron chi connectivity index (χ2n) is 5.90. The van der Waals surface area contributed by atoms with Gasteiger partial charge in [0.15, 0.2) is 5.11 Å². The monoisotopic (exact) mass is 364 g/mol. The van der Waals surface area contributed by atoms with Crippen LogP contribution in [0.25, 0.3) is 0 Å². The molecule has 7 nitrogen and oxygen atoms in total. The Morgan fingerprint density at radius 2 is 2.04 bits per heavy atom. The zero-order valence-corrected chi connectivity index (χ0v) is 15.3. The summed E-state index contributed by atoms with van der Waals surface area (Å²) in [5, 5.41) is 10.5. The van der Waals surface area contributed by atoms with E-state index in [9.17, 15) is 4.79 Å². The van der Waals surface area contributed by atoms with Crippen LogP contribution in [0.5, 0.6) is 0 Å². The quantitative estimate of drug-likeness (QED) is 0.232. The lowest BCUT2D eigenvalue weighted by atomic mass is 10.2. The van der Waals surface area contributed by atoms with E-state index in [-0.39, 0.29) is 5.91 Å². The molecule has 1 saturated heterocycles. The van der Waals surface area contributed by atoms with Gasteiger partial charge in [-0.1, -0.05) is 12.1 Å². The van der Waals surface area contributed by atoms with Crippen LogP contribution in [0.15, 0.2) is 29.4 Å². The third kappa shape index (κ3) is 8.06. The lowest BCUT2D eigenvalue weighted by Crippen LogP contribution is -3.14. The van der Waals surface area contributed by atoms with Crippen LogP contribution in [0.1, 0.15) is 18.9 Å². The van der Waals surface area contributed by atoms with Crippen molar-refractivity contribution in [1.29, 1.82) is 0 Å². The fraction of sp³-hybridized carbons (Fsp3) is 0.471. The Bertz CT molecular complexity index is 585. The number of quaternary nitrogens is 1. The van der Waals surface area contributed by atoms with Gasteiger partial charge in [0.25, 0.3) is 0 Å². The molecule has 2 rings (SSSR count). The number of carbonyl (C=O) groups is 1. The fourth-order valence-corrected chi connectivity index (χ4v) is 2.67. The van der Waals surface area contributed by atoms with Gasteiger partial charge in [-0.2, -0.15) is 5.10 Å². The van der Waals surface area contributed by atoms with Crippen molar-refractivity contribution in [2.45, 2.75) is 13.3 Å². The van der Waals surface area contributed by atoms with Crippen molar-refractivity contribution < 1.29 is 14.4 Å². The number of morpholine rings is 1. The summed E-state index contributed by atoms with van der Waals surface area (Å²) in [4.78, 5) is 12.6. The number of anilines is 1. The van der Waals surface area contributed by atoms with Gasteiger partial charge >= 0.3 is 0 Å². The predicted molar refractivity (Wildman–Crippen MR) is 103 cm³/mol. The maximum Gasteiger partial charge on any atom is 0.221 e. The predicted octanol–water partition coefficient (Wildman–Crippen LogP) is -0.252. The molecule has 4 N–H and O–H groups in total. The van der Waals surface area contributed by atoms with E-state index >= 15 is 0 Å². The van der Waals surface area contributed by atoms with E-state index < -0.39 is 0 Å². The number of ether oxygens (including phenoxy) is 1. The van der Waals surface area contributed by atoms with Gasteiger partial charge in [-0.15, -0.1) is 0 Å². The Hall–Kier alpha value is -2.03.